The first kappa shape index (κ1) is 12.6. The van der Waals surface area contributed by atoms with Crippen LogP contribution in [0.2, 0.25) is 0 Å². The Morgan fingerprint density at radius 1 is 1.50 bits per heavy atom. The lowest BCUT2D eigenvalue weighted by Crippen LogP contribution is -2.41. The van der Waals surface area contributed by atoms with Crippen molar-refractivity contribution in [2.45, 2.75) is 13.8 Å². The van der Waals surface area contributed by atoms with Gasteiger partial charge in [-0.1, -0.05) is 26.1 Å². The molecule has 0 spiro atoms. The maximum atomic E-state index is 11.7. The van der Waals surface area contributed by atoms with Crippen molar-refractivity contribution >= 4 is 23.1 Å². The van der Waals surface area contributed by atoms with Crippen LogP contribution in [0.15, 0.2) is 24.5 Å². The summed E-state index contributed by atoms with van der Waals surface area (Å²) >= 11 is 4.92. The van der Waals surface area contributed by atoms with E-state index in [2.05, 4.69) is 10.3 Å². The van der Waals surface area contributed by atoms with Gasteiger partial charge in [-0.25, -0.2) is 0 Å². The molecule has 16 heavy (non-hydrogen) atoms. The van der Waals surface area contributed by atoms with Crippen LogP contribution in [0.5, 0.6) is 0 Å². The number of carbonyl (C=O) groups is 1. The molecule has 0 saturated heterocycles. The molecule has 0 radical (unpaired) electrons. The molecule has 4 nitrogen and oxygen atoms in total. The van der Waals surface area contributed by atoms with Gasteiger partial charge in [0.25, 0.3) is 5.91 Å². The second-order valence-corrected chi connectivity index (χ2v) is 4.61. The minimum Gasteiger partial charge on any atom is -0.393 e. The Labute approximate surface area is 100 Å². The number of rotatable bonds is 4. The van der Waals surface area contributed by atoms with Crippen LogP contribution < -0.4 is 11.1 Å². The molecule has 0 aliphatic heterocycles. The molecular formula is C11H15N3OS. The van der Waals surface area contributed by atoms with Gasteiger partial charge in [0.2, 0.25) is 0 Å². The van der Waals surface area contributed by atoms with E-state index in [1.165, 1.54) is 0 Å². The van der Waals surface area contributed by atoms with Crippen LogP contribution in [0, 0.1) is 5.41 Å². The number of hydrogen-bond acceptors (Lipinski definition) is 3. The van der Waals surface area contributed by atoms with E-state index in [0.717, 1.165) is 0 Å². The molecule has 5 heteroatoms. The average molecular weight is 237 g/mol. The minimum absolute atomic E-state index is 0.147. The molecule has 1 rings (SSSR count). The Bertz CT molecular complexity index is 389. The van der Waals surface area contributed by atoms with Gasteiger partial charge in [0.15, 0.2) is 0 Å². The number of aromatic nitrogens is 1. The predicted octanol–water partition coefficient (Wildman–Crippen LogP) is 1.12. The summed E-state index contributed by atoms with van der Waals surface area (Å²) in [6.45, 7) is 4.20. The second-order valence-electron chi connectivity index (χ2n) is 4.17. The van der Waals surface area contributed by atoms with Crippen molar-refractivity contribution in [3.05, 3.63) is 30.1 Å². The lowest BCUT2D eigenvalue weighted by molar-refractivity contribution is 0.0945. The summed E-state index contributed by atoms with van der Waals surface area (Å²) in [6.07, 6.45) is 3.15. The summed E-state index contributed by atoms with van der Waals surface area (Å²) in [4.78, 5) is 15.9. The van der Waals surface area contributed by atoms with Crippen LogP contribution in [0.25, 0.3) is 0 Å². The van der Waals surface area contributed by atoms with Gasteiger partial charge in [0, 0.05) is 29.9 Å². The van der Waals surface area contributed by atoms with Crippen LogP contribution in [0.4, 0.5) is 0 Å². The number of pyridine rings is 1. The standard InChI is InChI=1S/C11H15N3OS/c1-11(2,10(12)16)7-14-9(15)8-3-5-13-6-4-8/h3-6H,7H2,1-2H3,(H2,12,16)(H,14,15). The predicted molar refractivity (Wildman–Crippen MR) is 67.1 cm³/mol. The first-order chi connectivity index (χ1) is 7.43. The fourth-order valence-corrected chi connectivity index (χ4v) is 1.07. The molecule has 3 N–H and O–H groups in total. The zero-order valence-electron chi connectivity index (χ0n) is 9.36. The molecule has 0 unspecified atom stereocenters. The lowest BCUT2D eigenvalue weighted by Gasteiger charge is -2.23. The van der Waals surface area contributed by atoms with E-state index >= 15 is 0 Å². The summed E-state index contributed by atoms with van der Waals surface area (Å²) in [5, 5.41) is 2.79. The first-order valence-corrected chi connectivity index (χ1v) is 5.32. The van der Waals surface area contributed by atoms with Crippen molar-refractivity contribution < 1.29 is 4.79 Å². The summed E-state index contributed by atoms with van der Waals surface area (Å²) in [5.74, 6) is -0.147. The quantitative estimate of drug-likeness (QED) is 0.770. The van der Waals surface area contributed by atoms with Crippen LogP contribution >= 0.6 is 12.2 Å². The largest absolute Gasteiger partial charge is 0.393 e. The Hall–Kier alpha value is -1.49. The normalized spacial score (nSPS) is 10.9. The number of nitrogens with two attached hydrogens (primary N) is 1. The van der Waals surface area contributed by atoms with Gasteiger partial charge in [-0.05, 0) is 12.1 Å². The maximum Gasteiger partial charge on any atom is 0.251 e. The molecular weight excluding hydrogens is 222 g/mol. The van der Waals surface area contributed by atoms with Gasteiger partial charge in [0.05, 0.1) is 4.99 Å². The van der Waals surface area contributed by atoms with E-state index in [4.69, 9.17) is 18.0 Å². The molecule has 0 aliphatic carbocycles. The summed E-state index contributed by atoms with van der Waals surface area (Å²) in [6, 6.07) is 3.31. The molecule has 0 aliphatic rings. The SMILES string of the molecule is CC(C)(CNC(=O)c1ccncc1)C(N)=S. The maximum absolute atomic E-state index is 11.7. The van der Waals surface area contributed by atoms with Gasteiger partial charge in [0.1, 0.15) is 0 Å². The zero-order valence-corrected chi connectivity index (χ0v) is 10.2. The molecule has 0 saturated carbocycles. The highest BCUT2D eigenvalue weighted by Gasteiger charge is 2.22. The smallest absolute Gasteiger partial charge is 0.251 e. The fraction of sp³-hybridized carbons (Fsp3) is 0.364. The van der Waals surface area contributed by atoms with Crippen LogP contribution in [-0.4, -0.2) is 22.4 Å². The number of hydrogen-bond donors (Lipinski definition) is 2. The number of amides is 1. The van der Waals surface area contributed by atoms with E-state index in [9.17, 15) is 4.79 Å². The van der Waals surface area contributed by atoms with E-state index in [1.807, 2.05) is 13.8 Å². The van der Waals surface area contributed by atoms with Gasteiger partial charge in [-0.3, -0.25) is 9.78 Å². The molecule has 1 aromatic heterocycles. The van der Waals surface area contributed by atoms with Gasteiger partial charge in [-0.2, -0.15) is 0 Å². The first-order valence-electron chi connectivity index (χ1n) is 4.91. The molecule has 0 atom stereocenters. The number of nitrogens with one attached hydrogen (secondary N) is 1. The molecule has 86 valence electrons. The number of carbonyl (C=O) groups excluding carboxylic acids is 1. The Kier molecular flexibility index (Phi) is 3.95. The van der Waals surface area contributed by atoms with Crippen molar-refractivity contribution in [1.82, 2.24) is 10.3 Å². The van der Waals surface area contributed by atoms with Gasteiger partial charge >= 0.3 is 0 Å². The summed E-state index contributed by atoms with van der Waals surface area (Å²) < 4.78 is 0. The second kappa shape index (κ2) is 5.03. The van der Waals surface area contributed by atoms with Gasteiger partial charge < -0.3 is 11.1 Å². The Morgan fingerprint density at radius 2 is 2.06 bits per heavy atom. The van der Waals surface area contributed by atoms with Crippen molar-refractivity contribution in [1.29, 1.82) is 0 Å². The van der Waals surface area contributed by atoms with E-state index in [-0.39, 0.29) is 11.3 Å². The zero-order chi connectivity index (χ0) is 12.2. The molecule has 0 fully saturated rings. The van der Waals surface area contributed by atoms with Crippen molar-refractivity contribution in [2.75, 3.05) is 6.54 Å². The number of thiocarbonyl (C=S) groups is 1. The number of nitrogens with zero attached hydrogens (tertiary/aromatic N) is 1. The highest BCUT2D eigenvalue weighted by Crippen LogP contribution is 2.13. The third kappa shape index (κ3) is 3.27. The third-order valence-electron chi connectivity index (χ3n) is 2.30. The molecule has 1 aromatic rings. The molecule has 1 amide bonds. The topological polar surface area (TPSA) is 68.0 Å². The lowest BCUT2D eigenvalue weighted by atomic mass is 9.93. The van der Waals surface area contributed by atoms with Crippen LogP contribution in [0.1, 0.15) is 24.2 Å². The van der Waals surface area contributed by atoms with Crippen molar-refractivity contribution in [2.24, 2.45) is 11.1 Å². The average Bonchev–Trinajstić information content (AvgIpc) is 2.27. The van der Waals surface area contributed by atoms with Crippen LogP contribution in [-0.2, 0) is 0 Å². The third-order valence-corrected chi connectivity index (χ3v) is 2.85. The minimum atomic E-state index is -0.377. The Balaban J connectivity index is 2.58. The van der Waals surface area contributed by atoms with E-state index in [1.54, 1.807) is 24.5 Å². The Morgan fingerprint density at radius 3 is 2.56 bits per heavy atom. The molecule has 0 aromatic carbocycles. The van der Waals surface area contributed by atoms with E-state index in [0.29, 0.717) is 17.1 Å². The highest BCUT2D eigenvalue weighted by molar-refractivity contribution is 7.80. The molecule has 0 bridgehead atoms. The van der Waals surface area contributed by atoms with Crippen molar-refractivity contribution in [3.8, 4) is 0 Å². The summed E-state index contributed by atoms with van der Waals surface area (Å²) in [5.41, 5.74) is 5.77. The summed E-state index contributed by atoms with van der Waals surface area (Å²) in [7, 11) is 0. The van der Waals surface area contributed by atoms with E-state index < -0.39 is 0 Å². The highest BCUT2D eigenvalue weighted by atomic mass is 32.1. The van der Waals surface area contributed by atoms with Crippen molar-refractivity contribution in [3.63, 3.8) is 0 Å². The van der Waals surface area contributed by atoms with Gasteiger partial charge in [-0.15, -0.1) is 0 Å². The van der Waals surface area contributed by atoms with Crippen LogP contribution in [0.3, 0.4) is 0 Å². The monoisotopic (exact) mass is 237 g/mol. The molecule has 1 heterocycles. The fourth-order valence-electron chi connectivity index (χ4n) is 0.994.